The summed E-state index contributed by atoms with van der Waals surface area (Å²) in [5.74, 6) is 0.853. The number of imidazole rings is 1. The monoisotopic (exact) mass is 190 g/mol. The lowest BCUT2D eigenvalue weighted by Gasteiger charge is -2.17. The second kappa shape index (κ2) is 2.78. The minimum absolute atomic E-state index is 0.435. The molecule has 2 heterocycles. The fraction of sp³-hybridized carbons (Fsp3) is 0.400. The van der Waals surface area contributed by atoms with Gasteiger partial charge in [-0.3, -0.25) is 0 Å². The number of hydrogen-bond donors (Lipinski definition) is 1. The zero-order valence-corrected chi connectivity index (χ0v) is 8.65. The van der Waals surface area contributed by atoms with Crippen LogP contribution < -0.4 is 5.73 Å². The van der Waals surface area contributed by atoms with E-state index in [4.69, 9.17) is 5.73 Å². The molecule has 0 amide bonds. The van der Waals surface area contributed by atoms with E-state index in [2.05, 4.69) is 9.97 Å². The lowest BCUT2D eigenvalue weighted by atomic mass is 10.1. The maximum absolute atomic E-state index is 6.01. The molecule has 0 bridgehead atoms. The van der Waals surface area contributed by atoms with Gasteiger partial charge in [0.15, 0.2) is 5.65 Å². The maximum atomic E-state index is 6.01. The van der Waals surface area contributed by atoms with Crippen molar-refractivity contribution in [1.82, 2.24) is 14.5 Å². The quantitative estimate of drug-likeness (QED) is 0.734. The van der Waals surface area contributed by atoms with Gasteiger partial charge in [0.2, 0.25) is 0 Å². The summed E-state index contributed by atoms with van der Waals surface area (Å²) in [4.78, 5) is 8.60. The molecule has 0 unspecified atom stereocenters. The molecule has 0 saturated heterocycles. The van der Waals surface area contributed by atoms with Crippen LogP contribution in [0.5, 0.6) is 0 Å². The van der Waals surface area contributed by atoms with E-state index in [9.17, 15) is 0 Å². The summed E-state index contributed by atoms with van der Waals surface area (Å²) in [7, 11) is 1.96. The molecule has 0 aliphatic heterocycles. The summed E-state index contributed by atoms with van der Waals surface area (Å²) in [6.07, 6.45) is 1.74. The molecule has 0 aliphatic carbocycles. The van der Waals surface area contributed by atoms with Gasteiger partial charge in [0.05, 0.1) is 11.1 Å². The number of aryl methyl sites for hydroxylation is 1. The number of rotatable bonds is 1. The van der Waals surface area contributed by atoms with Gasteiger partial charge in [-0.05, 0) is 26.0 Å². The average molecular weight is 190 g/mol. The summed E-state index contributed by atoms with van der Waals surface area (Å²) in [5.41, 5.74) is 7.34. The van der Waals surface area contributed by atoms with Crippen LogP contribution in [-0.4, -0.2) is 14.5 Å². The number of aromatic nitrogens is 3. The van der Waals surface area contributed by atoms with Gasteiger partial charge in [0.25, 0.3) is 0 Å². The standard InChI is InChI=1S/C10H14N4/c1-10(2,11)9-13-8-7(14(9)3)5-4-6-12-8/h4-6H,11H2,1-3H3. The first-order valence-corrected chi connectivity index (χ1v) is 4.57. The van der Waals surface area contributed by atoms with Gasteiger partial charge in [-0.25, -0.2) is 9.97 Å². The first-order valence-electron chi connectivity index (χ1n) is 4.57. The predicted molar refractivity (Wildman–Crippen MR) is 55.7 cm³/mol. The maximum Gasteiger partial charge on any atom is 0.177 e. The van der Waals surface area contributed by atoms with Crippen molar-refractivity contribution in [1.29, 1.82) is 0 Å². The van der Waals surface area contributed by atoms with Gasteiger partial charge in [-0.1, -0.05) is 0 Å². The number of nitrogens with zero attached hydrogens (tertiary/aromatic N) is 3. The Bertz CT molecular complexity index is 464. The summed E-state index contributed by atoms with van der Waals surface area (Å²) >= 11 is 0. The van der Waals surface area contributed by atoms with Crippen molar-refractivity contribution in [2.75, 3.05) is 0 Å². The van der Waals surface area contributed by atoms with E-state index in [-0.39, 0.29) is 0 Å². The Morgan fingerprint density at radius 2 is 2.14 bits per heavy atom. The topological polar surface area (TPSA) is 56.7 Å². The molecule has 0 radical (unpaired) electrons. The van der Waals surface area contributed by atoms with Crippen LogP contribution >= 0.6 is 0 Å². The Labute approximate surface area is 82.8 Å². The highest BCUT2D eigenvalue weighted by Gasteiger charge is 2.21. The van der Waals surface area contributed by atoms with E-state index in [0.29, 0.717) is 0 Å². The van der Waals surface area contributed by atoms with Crippen LogP contribution in [0, 0.1) is 0 Å². The Morgan fingerprint density at radius 1 is 1.43 bits per heavy atom. The predicted octanol–water partition coefficient (Wildman–Crippen LogP) is 1.16. The fourth-order valence-electron chi connectivity index (χ4n) is 1.60. The molecule has 2 aromatic heterocycles. The Kier molecular flexibility index (Phi) is 1.82. The van der Waals surface area contributed by atoms with E-state index >= 15 is 0 Å². The first-order chi connectivity index (χ1) is 6.50. The summed E-state index contributed by atoms with van der Waals surface area (Å²) in [6, 6.07) is 3.89. The molecule has 0 fully saturated rings. The normalized spacial score (nSPS) is 12.3. The van der Waals surface area contributed by atoms with Crippen LogP contribution in [0.3, 0.4) is 0 Å². The average Bonchev–Trinajstić information content (AvgIpc) is 2.44. The second-order valence-corrected chi connectivity index (χ2v) is 4.06. The van der Waals surface area contributed by atoms with E-state index in [1.165, 1.54) is 0 Å². The molecule has 2 aromatic rings. The van der Waals surface area contributed by atoms with Crippen molar-refractivity contribution in [3.63, 3.8) is 0 Å². The third-order valence-electron chi connectivity index (χ3n) is 2.23. The van der Waals surface area contributed by atoms with Gasteiger partial charge in [-0.2, -0.15) is 0 Å². The van der Waals surface area contributed by atoms with E-state index < -0.39 is 5.54 Å². The Hall–Kier alpha value is -1.42. The molecule has 0 aliphatic rings. The molecule has 74 valence electrons. The number of hydrogen-bond acceptors (Lipinski definition) is 3. The Balaban J connectivity index is 2.75. The zero-order valence-electron chi connectivity index (χ0n) is 8.65. The van der Waals surface area contributed by atoms with Crippen molar-refractivity contribution in [3.05, 3.63) is 24.2 Å². The highest BCUT2D eigenvalue weighted by molar-refractivity contribution is 5.71. The lowest BCUT2D eigenvalue weighted by Crippen LogP contribution is -2.32. The molecule has 14 heavy (non-hydrogen) atoms. The van der Waals surface area contributed by atoms with Crippen LogP contribution in [-0.2, 0) is 12.6 Å². The molecule has 4 heteroatoms. The van der Waals surface area contributed by atoms with Gasteiger partial charge < -0.3 is 10.3 Å². The summed E-state index contributed by atoms with van der Waals surface area (Å²) < 4.78 is 1.99. The SMILES string of the molecule is Cn1c(C(C)(C)N)nc2ncccc21. The molecule has 4 nitrogen and oxygen atoms in total. The van der Waals surface area contributed by atoms with Gasteiger partial charge >= 0.3 is 0 Å². The first kappa shape index (κ1) is 9.15. The molecule has 0 spiro atoms. The summed E-state index contributed by atoms with van der Waals surface area (Å²) in [5, 5.41) is 0. The third-order valence-corrected chi connectivity index (χ3v) is 2.23. The van der Waals surface area contributed by atoms with Crippen molar-refractivity contribution >= 4 is 11.2 Å². The lowest BCUT2D eigenvalue weighted by molar-refractivity contribution is 0.497. The minimum Gasteiger partial charge on any atom is -0.328 e. The zero-order chi connectivity index (χ0) is 10.3. The third kappa shape index (κ3) is 1.28. The summed E-state index contributed by atoms with van der Waals surface area (Å²) in [6.45, 7) is 3.88. The van der Waals surface area contributed by atoms with Crippen LogP contribution in [0.2, 0.25) is 0 Å². The van der Waals surface area contributed by atoms with Crippen molar-refractivity contribution < 1.29 is 0 Å². The van der Waals surface area contributed by atoms with Crippen LogP contribution in [0.1, 0.15) is 19.7 Å². The largest absolute Gasteiger partial charge is 0.328 e. The minimum atomic E-state index is -0.435. The van der Waals surface area contributed by atoms with Crippen molar-refractivity contribution in [3.8, 4) is 0 Å². The molecule has 2 rings (SSSR count). The number of nitrogens with two attached hydrogens (primary N) is 1. The van der Waals surface area contributed by atoms with Crippen LogP contribution in [0.4, 0.5) is 0 Å². The molecule has 0 aromatic carbocycles. The van der Waals surface area contributed by atoms with Crippen LogP contribution in [0.25, 0.3) is 11.2 Å². The highest BCUT2D eigenvalue weighted by Crippen LogP contribution is 2.19. The van der Waals surface area contributed by atoms with E-state index in [1.54, 1.807) is 6.20 Å². The molecular formula is C10H14N4. The van der Waals surface area contributed by atoms with Crippen LogP contribution in [0.15, 0.2) is 18.3 Å². The molecule has 2 N–H and O–H groups in total. The second-order valence-electron chi connectivity index (χ2n) is 4.06. The van der Waals surface area contributed by atoms with Gasteiger partial charge in [0.1, 0.15) is 5.82 Å². The van der Waals surface area contributed by atoms with Gasteiger partial charge in [-0.15, -0.1) is 0 Å². The molecule has 0 saturated carbocycles. The highest BCUT2D eigenvalue weighted by atomic mass is 15.1. The fourth-order valence-corrected chi connectivity index (χ4v) is 1.60. The molecule has 0 atom stereocenters. The Morgan fingerprint density at radius 3 is 2.71 bits per heavy atom. The van der Waals surface area contributed by atoms with Crippen molar-refractivity contribution in [2.45, 2.75) is 19.4 Å². The number of fused-ring (bicyclic) bond motifs is 1. The molecular weight excluding hydrogens is 176 g/mol. The number of pyridine rings is 1. The van der Waals surface area contributed by atoms with Gasteiger partial charge in [0, 0.05) is 13.2 Å². The van der Waals surface area contributed by atoms with E-state index in [1.807, 2.05) is 37.6 Å². The smallest absolute Gasteiger partial charge is 0.177 e. The van der Waals surface area contributed by atoms with E-state index in [0.717, 1.165) is 17.0 Å². The van der Waals surface area contributed by atoms with Crippen molar-refractivity contribution in [2.24, 2.45) is 12.8 Å².